The number of carbonyl (C=O) groups is 1. The van der Waals surface area contributed by atoms with Crippen LogP contribution >= 0.6 is 0 Å². The minimum absolute atomic E-state index is 0.0813. The van der Waals surface area contributed by atoms with Gasteiger partial charge in [0.25, 0.3) is 10.2 Å². The van der Waals surface area contributed by atoms with Gasteiger partial charge >= 0.3 is 5.97 Å². The highest BCUT2D eigenvalue weighted by Crippen LogP contribution is 2.05. The van der Waals surface area contributed by atoms with Gasteiger partial charge in [0.05, 0.1) is 6.61 Å². The van der Waals surface area contributed by atoms with E-state index in [1.165, 1.54) is 7.11 Å². The number of rotatable bonds is 9. The molecule has 17 heavy (non-hydrogen) atoms. The Bertz CT molecular complexity index is 328. The number of hydrogen-bond acceptors (Lipinski definition) is 4. The molecule has 0 aromatic rings. The molecule has 0 aromatic heterocycles. The fraction of sp³-hybridized carbons (Fsp3) is 0.889. The van der Waals surface area contributed by atoms with Gasteiger partial charge in [-0.3, -0.25) is 4.79 Å². The lowest BCUT2D eigenvalue weighted by molar-refractivity contribution is -0.139. The SMILES string of the molecule is COCCNS(=O)(=O)N[C@H](CC(C)C)C(=O)O. The van der Waals surface area contributed by atoms with Crippen molar-refractivity contribution in [2.75, 3.05) is 20.3 Å². The summed E-state index contributed by atoms with van der Waals surface area (Å²) in [5, 5.41) is 8.88. The second-order valence-corrected chi connectivity index (χ2v) is 5.56. The fourth-order valence-electron chi connectivity index (χ4n) is 1.18. The van der Waals surface area contributed by atoms with Gasteiger partial charge in [-0.05, 0) is 12.3 Å². The van der Waals surface area contributed by atoms with Crippen LogP contribution < -0.4 is 9.44 Å². The summed E-state index contributed by atoms with van der Waals surface area (Å²) in [6.07, 6.45) is 0.237. The van der Waals surface area contributed by atoms with Gasteiger partial charge in [0.15, 0.2) is 0 Å². The maximum absolute atomic E-state index is 11.5. The van der Waals surface area contributed by atoms with Crippen molar-refractivity contribution in [3.05, 3.63) is 0 Å². The Morgan fingerprint density at radius 2 is 2.00 bits per heavy atom. The molecule has 0 radical (unpaired) electrons. The van der Waals surface area contributed by atoms with Crippen LogP contribution in [0.3, 0.4) is 0 Å². The number of methoxy groups -OCH3 is 1. The molecule has 0 saturated heterocycles. The van der Waals surface area contributed by atoms with Crippen LogP contribution in [0.2, 0.25) is 0 Å². The van der Waals surface area contributed by atoms with E-state index in [4.69, 9.17) is 5.11 Å². The van der Waals surface area contributed by atoms with Crippen molar-refractivity contribution < 1.29 is 23.1 Å². The molecule has 0 spiro atoms. The molecule has 7 nitrogen and oxygen atoms in total. The molecule has 0 bridgehead atoms. The number of aliphatic carboxylic acids is 1. The predicted molar refractivity (Wildman–Crippen MR) is 62.8 cm³/mol. The van der Waals surface area contributed by atoms with Crippen molar-refractivity contribution in [2.24, 2.45) is 5.92 Å². The van der Waals surface area contributed by atoms with Crippen molar-refractivity contribution in [3.8, 4) is 0 Å². The topological polar surface area (TPSA) is 105 Å². The summed E-state index contributed by atoms with van der Waals surface area (Å²) in [6.45, 7) is 3.97. The van der Waals surface area contributed by atoms with Crippen LogP contribution in [0.15, 0.2) is 0 Å². The van der Waals surface area contributed by atoms with Gasteiger partial charge in [0, 0.05) is 13.7 Å². The highest BCUT2D eigenvalue weighted by Gasteiger charge is 2.24. The molecule has 8 heteroatoms. The van der Waals surface area contributed by atoms with Gasteiger partial charge in [-0.15, -0.1) is 0 Å². The maximum Gasteiger partial charge on any atom is 0.321 e. The molecule has 0 saturated carbocycles. The van der Waals surface area contributed by atoms with Crippen molar-refractivity contribution in [3.63, 3.8) is 0 Å². The van der Waals surface area contributed by atoms with Gasteiger partial charge in [-0.1, -0.05) is 13.8 Å². The Balaban J connectivity index is 4.37. The summed E-state index contributed by atoms with van der Waals surface area (Å²) in [5.41, 5.74) is 0. The minimum atomic E-state index is -3.80. The smallest absolute Gasteiger partial charge is 0.321 e. The summed E-state index contributed by atoms with van der Waals surface area (Å²) in [4.78, 5) is 10.9. The van der Waals surface area contributed by atoms with Crippen LogP contribution in [-0.4, -0.2) is 45.8 Å². The predicted octanol–water partition coefficient (Wildman–Crippen LogP) is -0.444. The van der Waals surface area contributed by atoms with Crippen LogP contribution in [0, 0.1) is 5.92 Å². The lowest BCUT2D eigenvalue weighted by Crippen LogP contribution is -2.47. The maximum atomic E-state index is 11.5. The highest BCUT2D eigenvalue weighted by atomic mass is 32.2. The van der Waals surface area contributed by atoms with Gasteiger partial charge in [-0.25, -0.2) is 0 Å². The quantitative estimate of drug-likeness (QED) is 0.492. The number of ether oxygens (including phenoxy) is 1. The van der Waals surface area contributed by atoms with E-state index in [1.807, 2.05) is 13.8 Å². The molecule has 0 amide bonds. The van der Waals surface area contributed by atoms with Crippen molar-refractivity contribution >= 4 is 16.2 Å². The minimum Gasteiger partial charge on any atom is -0.480 e. The lowest BCUT2D eigenvalue weighted by Gasteiger charge is -2.16. The molecule has 0 fully saturated rings. The largest absolute Gasteiger partial charge is 0.480 e. The lowest BCUT2D eigenvalue weighted by atomic mass is 10.1. The fourth-order valence-corrected chi connectivity index (χ4v) is 2.18. The third kappa shape index (κ3) is 8.08. The molecule has 0 unspecified atom stereocenters. The molecule has 0 heterocycles. The number of hydrogen-bond donors (Lipinski definition) is 3. The standard InChI is InChI=1S/C9H20N2O5S/c1-7(2)6-8(9(12)13)11-17(14,15)10-4-5-16-3/h7-8,10-11H,4-6H2,1-3H3,(H,12,13)/t8-/m1/s1. The van der Waals surface area contributed by atoms with E-state index in [0.717, 1.165) is 0 Å². The molecular formula is C9H20N2O5S. The van der Waals surface area contributed by atoms with E-state index in [1.54, 1.807) is 0 Å². The highest BCUT2D eigenvalue weighted by molar-refractivity contribution is 7.87. The van der Waals surface area contributed by atoms with Gasteiger partial charge in [-0.2, -0.15) is 17.9 Å². The molecule has 0 aliphatic heterocycles. The monoisotopic (exact) mass is 268 g/mol. The van der Waals surface area contributed by atoms with E-state index in [2.05, 4.69) is 14.2 Å². The Kier molecular flexibility index (Phi) is 7.28. The molecule has 0 aliphatic rings. The first-order valence-electron chi connectivity index (χ1n) is 5.27. The summed E-state index contributed by atoms with van der Waals surface area (Å²) in [6, 6.07) is -1.12. The Labute approximate surface area is 102 Å². The van der Waals surface area contributed by atoms with Crippen LogP contribution in [0.5, 0.6) is 0 Å². The van der Waals surface area contributed by atoms with E-state index >= 15 is 0 Å². The van der Waals surface area contributed by atoms with Crippen LogP contribution in [-0.2, 0) is 19.7 Å². The van der Waals surface area contributed by atoms with Crippen LogP contribution in [0.4, 0.5) is 0 Å². The van der Waals surface area contributed by atoms with Crippen LogP contribution in [0.25, 0.3) is 0 Å². The molecule has 0 rings (SSSR count). The summed E-state index contributed by atoms with van der Waals surface area (Å²) in [5.74, 6) is -1.10. The van der Waals surface area contributed by atoms with Crippen molar-refractivity contribution in [1.29, 1.82) is 0 Å². The molecular weight excluding hydrogens is 248 g/mol. The van der Waals surface area contributed by atoms with E-state index in [-0.39, 0.29) is 25.5 Å². The van der Waals surface area contributed by atoms with E-state index in [9.17, 15) is 13.2 Å². The third-order valence-electron chi connectivity index (χ3n) is 1.90. The van der Waals surface area contributed by atoms with Crippen molar-refractivity contribution in [1.82, 2.24) is 9.44 Å². The zero-order chi connectivity index (χ0) is 13.5. The number of carboxylic acid groups (broad SMARTS) is 1. The number of carboxylic acids is 1. The van der Waals surface area contributed by atoms with Crippen molar-refractivity contribution in [2.45, 2.75) is 26.3 Å². The third-order valence-corrected chi connectivity index (χ3v) is 3.08. The first-order chi connectivity index (χ1) is 7.78. The first kappa shape index (κ1) is 16.3. The first-order valence-corrected chi connectivity index (χ1v) is 6.75. The normalized spacial score (nSPS) is 13.9. The Morgan fingerprint density at radius 1 is 1.41 bits per heavy atom. The van der Waals surface area contributed by atoms with E-state index < -0.39 is 22.2 Å². The molecule has 0 aliphatic carbocycles. The summed E-state index contributed by atoms with van der Waals surface area (Å²) >= 11 is 0. The second-order valence-electron chi connectivity index (χ2n) is 4.03. The zero-order valence-corrected chi connectivity index (χ0v) is 11.1. The molecule has 1 atom stereocenters. The second kappa shape index (κ2) is 7.59. The summed E-state index contributed by atoms with van der Waals surface area (Å²) in [7, 11) is -2.36. The van der Waals surface area contributed by atoms with E-state index in [0.29, 0.717) is 0 Å². The molecule has 0 aromatic carbocycles. The molecule has 3 N–H and O–H groups in total. The Morgan fingerprint density at radius 3 is 2.41 bits per heavy atom. The van der Waals surface area contributed by atoms with Gasteiger partial charge < -0.3 is 9.84 Å². The average Bonchev–Trinajstić information content (AvgIpc) is 2.15. The van der Waals surface area contributed by atoms with Crippen LogP contribution in [0.1, 0.15) is 20.3 Å². The summed E-state index contributed by atoms with van der Waals surface area (Å²) < 4.78 is 31.9. The Hall–Kier alpha value is -0.700. The number of nitrogens with one attached hydrogen (secondary N) is 2. The van der Waals surface area contributed by atoms with Gasteiger partial charge in [0.2, 0.25) is 0 Å². The van der Waals surface area contributed by atoms with Gasteiger partial charge in [0.1, 0.15) is 6.04 Å². The zero-order valence-electron chi connectivity index (χ0n) is 10.3. The molecule has 102 valence electrons. The average molecular weight is 268 g/mol.